The van der Waals surface area contributed by atoms with E-state index in [0.717, 1.165) is 11.8 Å². The zero-order chi connectivity index (χ0) is 11.3. The van der Waals surface area contributed by atoms with Gasteiger partial charge in [0.15, 0.2) is 0 Å². The standard InChI is InChI=1S/C14H27N/c1-13(2)12(14(13,3)4)11(15)10-8-6-5-7-9-10/h10-12H,5-9,15H2,1-4H3. The van der Waals surface area contributed by atoms with Crippen molar-refractivity contribution in [3.05, 3.63) is 0 Å². The highest BCUT2D eigenvalue weighted by atomic mass is 14.8. The molecule has 1 unspecified atom stereocenters. The Bertz CT molecular complexity index is 222. The number of hydrogen-bond donors (Lipinski definition) is 1. The minimum absolute atomic E-state index is 0.454. The minimum atomic E-state index is 0.454. The summed E-state index contributed by atoms with van der Waals surface area (Å²) in [5.41, 5.74) is 7.43. The van der Waals surface area contributed by atoms with Crippen LogP contribution in [0.4, 0.5) is 0 Å². The normalized spacial score (nSPS) is 32.6. The van der Waals surface area contributed by atoms with Crippen LogP contribution in [0.2, 0.25) is 0 Å². The van der Waals surface area contributed by atoms with Gasteiger partial charge in [-0.1, -0.05) is 47.0 Å². The Balaban J connectivity index is 2.00. The summed E-state index contributed by atoms with van der Waals surface area (Å²) in [5.74, 6) is 1.55. The molecule has 1 nitrogen and oxygen atoms in total. The first-order valence-corrected chi connectivity index (χ1v) is 6.64. The van der Waals surface area contributed by atoms with E-state index in [0.29, 0.717) is 16.9 Å². The molecule has 1 heteroatoms. The van der Waals surface area contributed by atoms with E-state index >= 15 is 0 Å². The lowest BCUT2D eigenvalue weighted by Gasteiger charge is -2.29. The molecule has 2 fully saturated rings. The van der Waals surface area contributed by atoms with Crippen molar-refractivity contribution in [1.29, 1.82) is 0 Å². The molecule has 0 aromatic carbocycles. The third-order valence-electron chi connectivity index (χ3n) is 5.71. The van der Waals surface area contributed by atoms with E-state index in [-0.39, 0.29) is 0 Å². The zero-order valence-corrected chi connectivity index (χ0v) is 10.8. The molecule has 2 aliphatic carbocycles. The zero-order valence-electron chi connectivity index (χ0n) is 10.8. The van der Waals surface area contributed by atoms with E-state index in [4.69, 9.17) is 5.73 Å². The highest BCUT2D eigenvalue weighted by Crippen LogP contribution is 2.70. The highest BCUT2D eigenvalue weighted by molar-refractivity contribution is 5.16. The van der Waals surface area contributed by atoms with Gasteiger partial charge in [-0.15, -0.1) is 0 Å². The van der Waals surface area contributed by atoms with E-state index in [1.807, 2.05) is 0 Å². The van der Waals surface area contributed by atoms with Crippen LogP contribution in [0.3, 0.4) is 0 Å². The minimum Gasteiger partial charge on any atom is -0.327 e. The Morgan fingerprint density at radius 2 is 1.40 bits per heavy atom. The molecule has 2 N–H and O–H groups in total. The predicted molar refractivity (Wildman–Crippen MR) is 65.6 cm³/mol. The molecule has 1 atom stereocenters. The quantitative estimate of drug-likeness (QED) is 0.739. The fraction of sp³-hybridized carbons (Fsp3) is 1.00. The molecule has 0 aromatic rings. The van der Waals surface area contributed by atoms with Crippen LogP contribution in [-0.2, 0) is 0 Å². The van der Waals surface area contributed by atoms with Crippen LogP contribution in [0, 0.1) is 22.7 Å². The lowest BCUT2D eigenvalue weighted by atomic mass is 9.80. The molecule has 0 aliphatic heterocycles. The fourth-order valence-corrected chi connectivity index (χ4v) is 4.00. The Morgan fingerprint density at radius 1 is 0.933 bits per heavy atom. The number of nitrogens with two attached hydrogens (primary N) is 1. The molecular weight excluding hydrogens is 182 g/mol. The van der Waals surface area contributed by atoms with Crippen molar-refractivity contribution >= 4 is 0 Å². The average Bonchev–Trinajstić information content (AvgIpc) is 2.58. The van der Waals surface area contributed by atoms with Gasteiger partial charge < -0.3 is 5.73 Å². The molecular formula is C14H27N. The molecule has 0 saturated heterocycles. The van der Waals surface area contributed by atoms with E-state index in [9.17, 15) is 0 Å². The Kier molecular flexibility index (Phi) is 2.65. The summed E-state index contributed by atoms with van der Waals surface area (Å²) in [6, 6.07) is 0.454. The topological polar surface area (TPSA) is 26.0 Å². The Morgan fingerprint density at radius 3 is 1.80 bits per heavy atom. The third kappa shape index (κ3) is 1.63. The van der Waals surface area contributed by atoms with Crippen molar-refractivity contribution in [1.82, 2.24) is 0 Å². The summed E-state index contributed by atoms with van der Waals surface area (Å²) >= 11 is 0. The van der Waals surface area contributed by atoms with Crippen LogP contribution >= 0.6 is 0 Å². The van der Waals surface area contributed by atoms with Crippen molar-refractivity contribution < 1.29 is 0 Å². The smallest absolute Gasteiger partial charge is 0.0106 e. The average molecular weight is 209 g/mol. The predicted octanol–water partition coefficient (Wildman–Crippen LogP) is 3.58. The van der Waals surface area contributed by atoms with Gasteiger partial charge in [0.05, 0.1) is 0 Å². The van der Waals surface area contributed by atoms with E-state index in [2.05, 4.69) is 27.7 Å². The van der Waals surface area contributed by atoms with Crippen molar-refractivity contribution in [3.63, 3.8) is 0 Å². The Hall–Kier alpha value is -0.0400. The van der Waals surface area contributed by atoms with Crippen LogP contribution in [0.5, 0.6) is 0 Å². The first-order chi connectivity index (χ1) is 6.89. The molecule has 15 heavy (non-hydrogen) atoms. The first kappa shape index (κ1) is 11.4. The molecule has 0 amide bonds. The van der Waals surface area contributed by atoms with Crippen molar-refractivity contribution in [2.24, 2.45) is 28.4 Å². The summed E-state index contributed by atoms with van der Waals surface area (Å²) in [6.07, 6.45) is 7.01. The van der Waals surface area contributed by atoms with Crippen LogP contribution in [0.1, 0.15) is 59.8 Å². The van der Waals surface area contributed by atoms with Gasteiger partial charge in [-0.05, 0) is 35.5 Å². The van der Waals surface area contributed by atoms with Crippen molar-refractivity contribution in [3.8, 4) is 0 Å². The third-order valence-corrected chi connectivity index (χ3v) is 5.71. The van der Waals surface area contributed by atoms with Gasteiger partial charge in [-0.2, -0.15) is 0 Å². The van der Waals surface area contributed by atoms with Crippen molar-refractivity contribution in [2.75, 3.05) is 0 Å². The second kappa shape index (κ2) is 3.48. The highest BCUT2D eigenvalue weighted by Gasteiger charge is 2.67. The summed E-state index contributed by atoms with van der Waals surface area (Å²) < 4.78 is 0. The second-order valence-electron chi connectivity index (χ2n) is 6.90. The van der Waals surface area contributed by atoms with Gasteiger partial charge in [0.1, 0.15) is 0 Å². The van der Waals surface area contributed by atoms with Crippen LogP contribution in [0.25, 0.3) is 0 Å². The lowest BCUT2D eigenvalue weighted by Crippen LogP contribution is -2.35. The van der Waals surface area contributed by atoms with E-state index in [1.54, 1.807) is 0 Å². The first-order valence-electron chi connectivity index (χ1n) is 6.64. The van der Waals surface area contributed by atoms with E-state index in [1.165, 1.54) is 32.1 Å². The maximum Gasteiger partial charge on any atom is 0.0106 e. The second-order valence-corrected chi connectivity index (χ2v) is 6.90. The molecule has 0 heterocycles. The maximum atomic E-state index is 6.50. The van der Waals surface area contributed by atoms with Gasteiger partial charge in [0, 0.05) is 6.04 Å². The van der Waals surface area contributed by atoms with Crippen molar-refractivity contribution in [2.45, 2.75) is 65.8 Å². The SMILES string of the molecule is CC1(C)C(C(N)C2CCCCC2)C1(C)C. The monoisotopic (exact) mass is 209 g/mol. The molecule has 88 valence electrons. The summed E-state index contributed by atoms with van der Waals surface area (Å²) in [4.78, 5) is 0. The summed E-state index contributed by atoms with van der Waals surface area (Å²) in [7, 11) is 0. The summed E-state index contributed by atoms with van der Waals surface area (Å²) in [5, 5.41) is 0. The van der Waals surface area contributed by atoms with Gasteiger partial charge in [0.2, 0.25) is 0 Å². The molecule has 2 aliphatic rings. The van der Waals surface area contributed by atoms with Crippen LogP contribution < -0.4 is 5.73 Å². The van der Waals surface area contributed by atoms with Gasteiger partial charge in [0.25, 0.3) is 0 Å². The molecule has 2 saturated carbocycles. The number of rotatable bonds is 2. The van der Waals surface area contributed by atoms with Gasteiger partial charge in [-0.3, -0.25) is 0 Å². The van der Waals surface area contributed by atoms with Crippen LogP contribution in [0.15, 0.2) is 0 Å². The van der Waals surface area contributed by atoms with Gasteiger partial charge in [-0.25, -0.2) is 0 Å². The number of hydrogen-bond acceptors (Lipinski definition) is 1. The molecule has 0 spiro atoms. The van der Waals surface area contributed by atoms with Gasteiger partial charge >= 0.3 is 0 Å². The maximum absolute atomic E-state index is 6.50. The molecule has 2 rings (SSSR count). The molecule has 0 radical (unpaired) electrons. The fourth-order valence-electron chi connectivity index (χ4n) is 4.00. The Labute approximate surface area is 94.8 Å². The van der Waals surface area contributed by atoms with Crippen LogP contribution in [-0.4, -0.2) is 6.04 Å². The lowest BCUT2D eigenvalue weighted by molar-refractivity contribution is 0.263. The van der Waals surface area contributed by atoms with E-state index < -0.39 is 0 Å². The summed E-state index contributed by atoms with van der Waals surface area (Å²) in [6.45, 7) is 9.56. The molecule has 0 bridgehead atoms. The largest absolute Gasteiger partial charge is 0.327 e. The molecule has 0 aromatic heterocycles.